The molecule has 22 heavy (non-hydrogen) atoms. The van der Waals surface area contributed by atoms with Gasteiger partial charge >= 0.3 is 0 Å². The van der Waals surface area contributed by atoms with E-state index in [9.17, 15) is 4.79 Å². The SMILES string of the molecule is CC#CC(=O)Nc1cnc(OC)c(/C=C/C2CCCCC2)c1. The van der Waals surface area contributed by atoms with Crippen LogP contribution in [0.3, 0.4) is 0 Å². The molecule has 0 unspecified atom stereocenters. The molecule has 1 N–H and O–H groups in total. The number of methoxy groups -OCH3 is 1. The molecule has 0 radical (unpaired) electrons. The second-order valence-corrected chi connectivity index (χ2v) is 5.41. The minimum absolute atomic E-state index is 0.336. The number of aromatic nitrogens is 1. The van der Waals surface area contributed by atoms with E-state index in [2.05, 4.69) is 28.2 Å². The van der Waals surface area contributed by atoms with Crippen LogP contribution in [-0.2, 0) is 4.79 Å². The summed E-state index contributed by atoms with van der Waals surface area (Å²) in [5, 5.41) is 2.71. The fraction of sp³-hybridized carbons (Fsp3) is 0.444. The van der Waals surface area contributed by atoms with Crippen LogP contribution in [-0.4, -0.2) is 18.0 Å². The lowest BCUT2D eigenvalue weighted by atomic mass is 9.89. The maximum atomic E-state index is 11.5. The molecule has 0 atom stereocenters. The number of carbonyl (C=O) groups is 1. The highest BCUT2D eigenvalue weighted by Crippen LogP contribution is 2.27. The molecule has 0 aromatic carbocycles. The Labute approximate surface area is 132 Å². The van der Waals surface area contributed by atoms with Crippen LogP contribution in [0.15, 0.2) is 18.3 Å². The molecule has 1 aliphatic carbocycles. The van der Waals surface area contributed by atoms with E-state index in [1.54, 1.807) is 20.2 Å². The Morgan fingerprint density at radius 1 is 1.41 bits per heavy atom. The average molecular weight is 298 g/mol. The Bertz CT molecular complexity index is 605. The molecule has 1 saturated carbocycles. The average Bonchev–Trinajstić information content (AvgIpc) is 2.54. The van der Waals surface area contributed by atoms with Crippen molar-refractivity contribution in [3.63, 3.8) is 0 Å². The molecule has 116 valence electrons. The second kappa shape index (κ2) is 8.23. The van der Waals surface area contributed by atoms with Crippen LogP contribution in [0.25, 0.3) is 6.08 Å². The van der Waals surface area contributed by atoms with E-state index in [0.717, 1.165) is 5.56 Å². The molecule has 1 aromatic rings. The van der Waals surface area contributed by atoms with Gasteiger partial charge in [0.25, 0.3) is 5.91 Å². The number of rotatable bonds is 4. The summed E-state index contributed by atoms with van der Waals surface area (Å²) < 4.78 is 5.29. The molecule has 0 bridgehead atoms. The first-order valence-electron chi connectivity index (χ1n) is 7.69. The normalized spacial score (nSPS) is 15.2. The number of allylic oxidation sites excluding steroid dienone is 1. The number of ether oxygens (including phenoxy) is 1. The third kappa shape index (κ3) is 4.63. The number of nitrogens with zero attached hydrogens (tertiary/aromatic N) is 1. The van der Waals surface area contributed by atoms with Crippen molar-refractivity contribution in [2.45, 2.75) is 39.0 Å². The number of anilines is 1. The van der Waals surface area contributed by atoms with Gasteiger partial charge < -0.3 is 10.1 Å². The molecule has 1 amide bonds. The minimum Gasteiger partial charge on any atom is -0.481 e. The number of hydrogen-bond donors (Lipinski definition) is 1. The predicted octanol–water partition coefficient (Wildman–Crippen LogP) is 3.65. The van der Waals surface area contributed by atoms with E-state index >= 15 is 0 Å². The zero-order valence-electron chi connectivity index (χ0n) is 13.2. The monoisotopic (exact) mass is 298 g/mol. The maximum Gasteiger partial charge on any atom is 0.300 e. The van der Waals surface area contributed by atoms with Crippen molar-refractivity contribution >= 4 is 17.7 Å². The highest BCUT2D eigenvalue weighted by Gasteiger charge is 2.11. The molecule has 0 aliphatic heterocycles. The zero-order valence-corrected chi connectivity index (χ0v) is 13.2. The van der Waals surface area contributed by atoms with Gasteiger partial charge in [-0.1, -0.05) is 37.3 Å². The van der Waals surface area contributed by atoms with Crippen molar-refractivity contribution < 1.29 is 9.53 Å². The number of nitrogens with one attached hydrogen (secondary N) is 1. The molecule has 1 aromatic heterocycles. The Kier molecular flexibility index (Phi) is 6.02. The van der Waals surface area contributed by atoms with E-state index in [-0.39, 0.29) is 5.91 Å². The second-order valence-electron chi connectivity index (χ2n) is 5.41. The Morgan fingerprint density at radius 3 is 2.86 bits per heavy atom. The van der Waals surface area contributed by atoms with E-state index in [1.165, 1.54) is 32.1 Å². The maximum absolute atomic E-state index is 11.5. The molecule has 0 spiro atoms. The van der Waals surface area contributed by atoms with E-state index < -0.39 is 0 Å². The summed E-state index contributed by atoms with van der Waals surface area (Å²) in [6.07, 6.45) is 12.3. The summed E-state index contributed by atoms with van der Waals surface area (Å²) in [6, 6.07) is 1.86. The van der Waals surface area contributed by atoms with E-state index in [1.807, 2.05) is 12.1 Å². The van der Waals surface area contributed by atoms with Crippen LogP contribution in [0.2, 0.25) is 0 Å². The van der Waals surface area contributed by atoms with Crippen molar-refractivity contribution in [2.24, 2.45) is 5.92 Å². The van der Waals surface area contributed by atoms with Crippen LogP contribution in [0.4, 0.5) is 5.69 Å². The molecule has 4 heteroatoms. The number of hydrogen-bond acceptors (Lipinski definition) is 3. The fourth-order valence-corrected chi connectivity index (χ4v) is 2.67. The van der Waals surface area contributed by atoms with Crippen molar-refractivity contribution in [3.8, 4) is 17.7 Å². The smallest absolute Gasteiger partial charge is 0.300 e. The standard InChI is InChI=1S/C18H22N2O2/c1-3-7-17(21)20-16-12-15(18(22-2)19-13-16)11-10-14-8-5-4-6-9-14/h10-14H,4-6,8-9H2,1-2H3,(H,20,21)/b11-10+. The summed E-state index contributed by atoms with van der Waals surface area (Å²) in [5.41, 5.74) is 1.49. The van der Waals surface area contributed by atoms with Gasteiger partial charge in [0.05, 0.1) is 19.0 Å². The molecule has 1 aliphatic rings. The van der Waals surface area contributed by atoms with Gasteiger partial charge in [-0.25, -0.2) is 4.98 Å². The quantitative estimate of drug-likeness (QED) is 0.863. The molecule has 2 rings (SSSR count). The summed E-state index contributed by atoms with van der Waals surface area (Å²) >= 11 is 0. The molecule has 4 nitrogen and oxygen atoms in total. The van der Waals surface area contributed by atoms with Gasteiger partial charge in [0.2, 0.25) is 5.88 Å². The summed E-state index contributed by atoms with van der Waals surface area (Å²) in [5.74, 6) is 5.87. The zero-order chi connectivity index (χ0) is 15.8. The third-order valence-corrected chi connectivity index (χ3v) is 3.77. The van der Waals surface area contributed by atoms with E-state index in [4.69, 9.17) is 4.74 Å². The molecular weight excluding hydrogens is 276 g/mol. The number of pyridine rings is 1. The van der Waals surface area contributed by atoms with Gasteiger partial charge in [-0.2, -0.15) is 0 Å². The Hall–Kier alpha value is -2.28. The Morgan fingerprint density at radius 2 is 2.18 bits per heavy atom. The summed E-state index contributed by atoms with van der Waals surface area (Å²) in [4.78, 5) is 15.8. The van der Waals surface area contributed by atoms with Gasteiger partial charge in [0.1, 0.15) is 0 Å². The highest BCUT2D eigenvalue weighted by molar-refractivity contribution is 6.03. The van der Waals surface area contributed by atoms with Crippen LogP contribution in [0, 0.1) is 17.8 Å². The molecule has 1 heterocycles. The fourth-order valence-electron chi connectivity index (χ4n) is 2.67. The number of amides is 1. The van der Waals surface area contributed by atoms with Crippen LogP contribution < -0.4 is 10.1 Å². The summed E-state index contributed by atoms with van der Waals surface area (Å²) in [7, 11) is 1.60. The van der Waals surface area contributed by atoms with Crippen molar-refractivity contribution in [1.82, 2.24) is 4.98 Å². The molecule has 0 saturated heterocycles. The molecule has 1 fully saturated rings. The van der Waals surface area contributed by atoms with Gasteiger partial charge in [-0.15, -0.1) is 0 Å². The lowest BCUT2D eigenvalue weighted by Crippen LogP contribution is -2.09. The first kappa shape index (κ1) is 16.1. The first-order chi connectivity index (χ1) is 10.7. The Balaban J connectivity index is 2.14. The molecular formula is C18H22N2O2. The number of carbonyl (C=O) groups excluding carboxylic acids is 1. The van der Waals surface area contributed by atoms with Gasteiger partial charge in [0.15, 0.2) is 0 Å². The van der Waals surface area contributed by atoms with E-state index in [0.29, 0.717) is 17.5 Å². The first-order valence-corrected chi connectivity index (χ1v) is 7.69. The van der Waals surface area contributed by atoms with Crippen molar-refractivity contribution in [3.05, 3.63) is 23.9 Å². The van der Waals surface area contributed by atoms with Crippen LogP contribution in [0.5, 0.6) is 5.88 Å². The van der Waals surface area contributed by atoms with Crippen LogP contribution >= 0.6 is 0 Å². The highest BCUT2D eigenvalue weighted by atomic mass is 16.5. The minimum atomic E-state index is -0.336. The van der Waals surface area contributed by atoms with Crippen molar-refractivity contribution in [1.29, 1.82) is 0 Å². The van der Waals surface area contributed by atoms with Crippen molar-refractivity contribution in [2.75, 3.05) is 12.4 Å². The van der Waals surface area contributed by atoms with Gasteiger partial charge in [-0.3, -0.25) is 4.79 Å². The lowest BCUT2D eigenvalue weighted by molar-refractivity contribution is -0.111. The summed E-state index contributed by atoms with van der Waals surface area (Å²) in [6.45, 7) is 1.63. The van der Waals surface area contributed by atoms with Gasteiger partial charge in [0, 0.05) is 5.56 Å². The topological polar surface area (TPSA) is 51.2 Å². The van der Waals surface area contributed by atoms with Crippen LogP contribution in [0.1, 0.15) is 44.6 Å². The van der Waals surface area contributed by atoms with Gasteiger partial charge in [-0.05, 0) is 37.7 Å². The third-order valence-electron chi connectivity index (χ3n) is 3.77. The largest absolute Gasteiger partial charge is 0.481 e. The predicted molar refractivity (Wildman–Crippen MR) is 88.5 cm³/mol. The lowest BCUT2D eigenvalue weighted by Gasteiger charge is -2.17.